The zero-order valence-corrected chi connectivity index (χ0v) is 17.3. The summed E-state index contributed by atoms with van der Waals surface area (Å²) in [7, 11) is 0. The van der Waals surface area contributed by atoms with Crippen LogP contribution in [-0.2, 0) is 12.8 Å². The minimum absolute atomic E-state index is 1.06. The lowest BCUT2D eigenvalue weighted by Crippen LogP contribution is -1.93. The highest BCUT2D eigenvalue weighted by Crippen LogP contribution is 2.33. The maximum atomic E-state index is 3.40. The van der Waals surface area contributed by atoms with Crippen LogP contribution < -0.4 is 0 Å². The molecule has 0 unspecified atom stereocenters. The molecule has 2 heteroatoms. The monoisotopic (exact) mass is 388 g/mol. The van der Waals surface area contributed by atoms with Crippen LogP contribution in [0.2, 0.25) is 0 Å². The van der Waals surface area contributed by atoms with Gasteiger partial charge in [-0.25, -0.2) is 0 Å². The van der Waals surface area contributed by atoms with Crippen molar-refractivity contribution >= 4 is 43.4 Å². The zero-order chi connectivity index (χ0) is 20.2. The summed E-state index contributed by atoms with van der Waals surface area (Å²) in [6, 6.07) is 22.4. The van der Waals surface area contributed by atoms with E-state index in [9.17, 15) is 0 Å². The first kappa shape index (κ1) is 17.3. The van der Waals surface area contributed by atoms with Crippen LogP contribution in [0.15, 0.2) is 73.1 Å². The van der Waals surface area contributed by atoms with Gasteiger partial charge in [0.1, 0.15) is 0 Å². The summed E-state index contributed by atoms with van der Waals surface area (Å²) in [5.41, 5.74) is 8.15. The average Bonchev–Trinajstić information content (AvgIpc) is 3.22. The van der Waals surface area contributed by atoms with E-state index in [1.165, 1.54) is 65.6 Å². The van der Waals surface area contributed by atoms with Gasteiger partial charge in [0.2, 0.25) is 0 Å². The molecule has 0 saturated heterocycles. The fourth-order valence-electron chi connectivity index (χ4n) is 5.11. The van der Waals surface area contributed by atoms with Gasteiger partial charge < -0.3 is 9.97 Å². The maximum Gasteiger partial charge on any atom is 0.0459 e. The van der Waals surface area contributed by atoms with Crippen LogP contribution in [0.25, 0.3) is 43.4 Å². The second-order valence-corrected chi connectivity index (χ2v) is 8.51. The van der Waals surface area contributed by atoms with Gasteiger partial charge in [-0.05, 0) is 118 Å². The highest BCUT2D eigenvalue weighted by Gasteiger charge is 2.13. The van der Waals surface area contributed by atoms with Crippen LogP contribution >= 0.6 is 0 Å². The predicted molar refractivity (Wildman–Crippen MR) is 128 cm³/mol. The van der Waals surface area contributed by atoms with Crippen molar-refractivity contribution in [2.75, 3.05) is 0 Å². The Kier molecular flexibility index (Phi) is 3.76. The van der Waals surface area contributed by atoms with Crippen molar-refractivity contribution in [1.82, 2.24) is 9.97 Å². The first-order valence-electron chi connectivity index (χ1n) is 10.7. The van der Waals surface area contributed by atoms with E-state index in [0.717, 1.165) is 12.8 Å². The molecule has 2 N–H and O–H groups in total. The number of aromatic nitrogens is 2. The highest BCUT2D eigenvalue weighted by molar-refractivity contribution is 6.01. The molecule has 0 aliphatic heterocycles. The van der Waals surface area contributed by atoms with Crippen LogP contribution in [0, 0.1) is 13.8 Å². The second-order valence-electron chi connectivity index (χ2n) is 8.51. The summed E-state index contributed by atoms with van der Waals surface area (Å²) in [6.07, 6.45) is 6.13. The summed E-state index contributed by atoms with van der Waals surface area (Å²) in [4.78, 5) is 6.79. The van der Waals surface area contributed by atoms with Gasteiger partial charge in [-0.15, -0.1) is 0 Å². The second kappa shape index (κ2) is 6.50. The van der Waals surface area contributed by atoms with Gasteiger partial charge in [-0.2, -0.15) is 0 Å². The number of nitrogens with one attached hydrogen (secondary N) is 2. The highest BCUT2D eigenvalue weighted by atomic mass is 14.6. The molecule has 0 spiro atoms. The number of hydrogen-bond donors (Lipinski definition) is 2. The Morgan fingerprint density at radius 1 is 0.567 bits per heavy atom. The van der Waals surface area contributed by atoms with E-state index < -0.39 is 0 Å². The Labute approximate surface area is 175 Å². The third kappa shape index (κ3) is 2.64. The van der Waals surface area contributed by atoms with Crippen molar-refractivity contribution < 1.29 is 0 Å². The molecular formula is C28H24N2. The van der Waals surface area contributed by atoms with Gasteiger partial charge in [0.25, 0.3) is 0 Å². The molecule has 2 nitrogen and oxygen atoms in total. The molecule has 30 heavy (non-hydrogen) atoms. The molecule has 146 valence electrons. The predicted octanol–water partition coefficient (Wildman–Crippen LogP) is 7.36. The molecule has 2 heterocycles. The molecule has 6 rings (SSSR count). The summed E-state index contributed by atoms with van der Waals surface area (Å²) in [6.45, 7) is 4.50. The normalized spacial score (nSPS) is 11.9. The third-order valence-electron chi connectivity index (χ3n) is 6.64. The third-order valence-corrected chi connectivity index (χ3v) is 6.64. The van der Waals surface area contributed by atoms with Crippen molar-refractivity contribution in [3.63, 3.8) is 0 Å². The van der Waals surface area contributed by atoms with Crippen LogP contribution in [0.4, 0.5) is 0 Å². The topological polar surface area (TPSA) is 31.6 Å². The number of fused-ring (bicyclic) bond motifs is 4. The average molecular weight is 389 g/mol. The van der Waals surface area contributed by atoms with E-state index in [4.69, 9.17) is 0 Å². The quantitative estimate of drug-likeness (QED) is 0.317. The summed E-state index contributed by atoms with van der Waals surface area (Å²) in [5.74, 6) is 0. The number of aromatic amines is 2. The smallest absolute Gasteiger partial charge is 0.0459 e. The molecule has 0 bridgehead atoms. The van der Waals surface area contributed by atoms with Gasteiger partial charge in [0.05, 0.1) is 0 Å². The lowest BCUT2D eigenvalue weighted by atomic mass is 9.98. The number of H-pyrrole nitrogens is 2. The van der Waals surface area contributed by atoms with Gasteiger partial charge in [0.15, 0.2) is 0 Å². The number of benzene rings is 2. The molecule has 0 atom stereocenters. The SMILES string of the molecule is Cc1cc2cc3ccc[nH]c3cc2c1CCc1c(C)cc2cc3ccc[nH]c3cc12. The maximum absolute atomic E-state index is 3.40. The first-order valence-corrected chi connectivity index (χ1v) is 10.7. The summed E-state index contributed by atoms with van der Waals surface area (Å²) in [5, 5.41) is 7.99. The van der Waals surface area contributed by atoms with Crippen LogP contribution in [0.1, 0.15) is 22.3 Å². The van der Waals surface area contributed by atoms with E-state index in [2.05, 4.69) is 84.5 Å². The minimum Gasteiger partial charge on any atom is -0.361 e. The van der Waals surface area contributed by atoms with E-state index >= 15 is 0 Å². The first-order chi connectivity index (χ1) is 14.7. The Morgan fingerprint density at radius 2 is 1.03 bits per heavy atom. The minimum atomic E-state index is 1.06. The van der Waals surface area contributed by atoms with Crippen molar-refractivity contribution in [3.8, 4) is 0 Å². The van der Waals surface area contributed by atoms with Gasteiger partial charge in [0, 0.05) is 23.4 Å². The molecule has 0 amide bonds. The van der Waals surface area contributed by atoms with Crippen molar-refractivity contribution in [1.29, 1.82) is 0 Å². The number of aryl methyl sites for hydroxylation is 4. The lowest BCUT2D eigenvalue weighted by molar-refractivity contribution is 0.965. The van der Waals surface area contributed by atoms with E-state index in [1.54, 1.807) is 0 Å². The lowest BCUT2D eigenvalue weighted by Gasteiger charge is -2.07. The van der Waals surface area contributed by atoms with Crippen molar-refractivity contribution in [2.45, 2.75) is 26.7 Å². The van der Waals surface area contributed by atoms with Crippen molar-refractivity contribution in [3.05, 3.63) is 95.3 Å². The van der Waals surface area contributed by atoms with Crippen LogP contribution in [-0.4, -0.2) is 9.97 Å². The molecule has 6 aromatic rings. The number of hydrogen-bond acceptors (Lipinski definition) is 0. The van der Waals surface area contributed by atoms with E-state index in [0.29, 0.717) is 0 Å². The Hall–Kier alpha value is -3.52. The molecule has 0 saturated carbocycles. The molecule has 0 radical (unpaired) electrons. The molecule has 4 aromatic carbocycles. The molecular weight excluding hydrogens is 364 g/mol. The number of pyridine rings is 2. The van der Waals surface area contributed by atoms with Crippen LogP contribution in [0.3, 0.4) is 0 Å². The molecule has 2 aromatic heterocycles. The number of rotatable bonds is 3. The summed E-state index contributed by atoms with van der Waals surface area (Å²) >= 11 is 0. The van der Waals surface area contributed by atoms with E-state index in [-0.39, 0.29) is 0 Å². The Balaban J connectivity index is 1.43. The molecule has 0 aliphatic carbocycles. The molecule has 0 fully saturated rings. The standard InChI is InChI=1S/C28H24N2/c1-17-11-21-13-19-5-3-9-29-27(19)15-25(21)23(17)7-8-24-18(2)12-22-14-20-6-4-10-30-28(20)16-26(22)24/h3-6,9-16,29-30H,7-8H2,1-2H3. The summed E-state index contributed by atoms with van der Waals surface area (Å²) < 4.78 is 0. The van der Waals surface area contributed by atoms with Crippen LogP contribution in [0.5, 0.6) is 0 Å². The van der Waals surface area contributed by atoms with Gasteiger partial charge in [-0.3, -0.25) is 0 Å². The molecule has 0 aliphatic rings. The largest absolute Gasteiger partial charge is 0.361 e. The zero-order valence-electron chi connectivity index (χ0n) is 17.3. The van der Waals surface area contributed by atoms with Gasteiger partial charge in [-0.1, -0.05) is 24.3 Å². The van der Waals surface area contributed by atoms with Crippen molar-refractivity contribution in [2.24, 2.45) is 0 Å². The van der Waals surface area contributed by atoms with E-state index in [1.807, 2.05) is 12.4 Å². The fourth-order valence-corrected chi connectivity index (χ4v) is 5.11. The Morgan fingerprint density at radius 3 is 1.50 bits per heavy atom. The fraction of sp³-hybridized carbons (Fsp3) is 0.143. The Bertz CT molecular complexity index is 1440. The van der Waals surface area contributed by atoms with Gasteiger partial charge >= 0.3 is 0 Å².